The molecular formula is C20H13NO4. The van der Waals surface area contributed by atoms with Crippen LogP contribution in [0.15, 0.2) is 72.8 Å². The van der Waals surface area contributed by atoms with Gasteiger partial charge in [0.15, 0.2) is 17.2 Å². The Kier molecular flexibility index (Phi) is 3.47. The van der Waals surface area contributed by atoms with Crippen LogP contribution in [0.5, 0.6) is 17.2 Å². The van der Waals surface area contributed by atoms with Crippen molar-refractivity contribution in [3.63, 3.8) is 0 Å². The number of aromatic hydroxyl groups is 1. The SMILES string of the molecule is O=C1c2ccccc2C(=O)N1c1ccccc1Oc1ccccc1O. The molecule has 1 N–H and O–H groups in total. The summed E-state index contributed by atoms with van der Waals surface area (Å²) in [5.74, 6) is -0.271. The van der Waals surface area contributed by atoms with E-state index in [9.17, 15) is 14.7 Å². The topological polar surface area (TPSA) is 66.8 Å². The molecule has 0 aliphatic carbocycles. The third-order valence-corrected chi connectivity index (χ3v) is 3.99. The zero-order valence-corrected chi connectivity index (χ0v) is 13.0. The lowest BCUT2D eigenvalue weighted by atomic mass is 10.1. The molecule has 1 heterocycles. The van der Waals surface area contributed by atoms with Crippen LogP contribution >= 0.6 is 0 Å². The van der Waals surface area contributed by atoms with Gasteiger partial charge in [-0.15, -0.1) is 0 Å². The number of ether oxygens (including phenoxy) is 1. The molecule has 5 nitrogen and oxygen atoms in total. The number of fused-ring (bicyclic) bond motifs is 1. The van der Waals surface area contributed by atoms with Crippen LogP contribution in [0.25, 0.3) is 0 Å². The normalized spacial score (nSPS) is 13.0. The fourth-order valence-electron chi connectivity index (χ4n) is 2.80. The van der Waals surface area contributed by atoms with Gasteiger partial charge in [-0.3, -0.25) is 9.59 Å². The van der Waals surface area contributed by atoms with Gasteiger partial charge >= 0.3 is 0 Å². The van der Waals surface area contributed by atoms with E-state index >= 15 is 0 Å². The van der Waals surface area contributed by atoms with E-state index in [2.05, 4.69) is 0 Å². The highest BCUT2D eigenvalue weighted by Crippen LogP contribution is 2.38. The van der Waals surface area contributed by atoms with Crippen molar-refractivity contribution in [2.75, 3.05) is 4.90 Å². The smallest absolute Gasteiger partial charge is 0.266 e. The first-order valence-corrected chi connectivity index (χ1v) is 7.69. The Morgan fingerprint density at radius 1 is 0.680 bits per heavy atom. The Labute approximate surface area is 143 Å². The number of amides is 2. The molecule has 1 aliphatic heterocycles. The van der Waals surface area contributed by atoms with Crippen LogP contribution in [0.4, 0.5) is 5.69 Å². The number of carbonyl (C=O) groups excluding carboxylic acids is 2. The molecule has 2 amide bonds. The Bertz CT molecular complexity index is 961. The van der Waals surface area contributed by atoms with Crippen LogP contribution in [0, 0.1) is 0 Å². The summed E-state index contributed by atoms with van der Waals surface area (Å²) in [4.78, 5) is 26.5. The third kappa shape index (κ3) is 2.42. The second-order valence-corrected chi connectivity index (χ2v) is 5.53. The summed E-state index contributed by atoms with van der Waals surface area (Å²) in [6, 6.07) is 19.9. The van der Waals surface area contributed by atoms with Gasteiger partial charge in [0.05, 0.1) is 16.8 Å². The van der Waals surface area contributed by atoms with Gasteiger partial charge in [0.25, 0.3) is 11.8 Å². The number of hydrogen-bond acceptors (Lipinski definition) is 4. The fourth-order valence-corrected chi connectivity index (χ4v) is 2.80. The number of benzene rings is 3. The molecule has 0 spiro atoms. The maximum Gasteiger partial charge on any atom is 0.266 e. The highest BCUT2D eigenvalue weighted by molar-refractivity contribution is 6.34. The highest BCUT2D eigenvalue weighted by atomic mass is 16.5. The second kappa shape index (κ2) is 5.79. The van der Waals surface area contributed by atoms with E-state index in [1.54, 1.807) is 66.7 Å². The molecule has 0 unspecified atom stereocenters. The van der Waals surface area contributed by atoms with Gasteiger partial charge in [-0.1, -0.05) is 36.4 Å². The molecule has 0 bridgehead atoms. The summed E-state index contributed by atoms with van der Waals surface area (Å²) in [6.07, 6.45) is 0. The third-order valence-electron chi connectivity index (χ3n) is 3.99. The average molecular weight is 331 g/mol. The van der Waals surface area contributed by atoms with E-state index < -0.39 is 11.8 Å². The second-order valence-electron chi connectivity index (χ2n) is 5.53. The fraction of sp³-hybridized carbons (Fsp3) is 0. The first-order valence-electron chi connectivity index (χ1n) is 7.69. The maximum absolute atomic E-state index is 12.7. The monoisotopic (exact) mass is 331 g/mol. The van der Waals surface area contributed by atoms with Crippen LogP contribution in [0.2, 0.25) is 0 Å². The molecule has 5 heteroatoms. The van der Waals surface area contributed by atoms with Gasteiger partial charge in [-0.2, -0.15) is 0 Å². The molecular weight excluding hydrogens is 318 g/mol. The van der Waals surface area contributed by atoms with E-state index in [1.165, 1.54) is 6.07 Å². The van der Waals surface area contributed by atoms with Gasteiger partial charge in [0.2, 0.25) is 0 Å². The van der Waals surface area contributed by atoms with E-state index in [0.29, 0.717) is 22.6 Å². The van der Waals surface area contributed by atoms with E-state index in [0.717, 1.165) is 4.90 Å². The lowest BCUT2D eigenvalue weighted by Gasteiger charge is -2.18. The molecule has 3 aromatic carbocycles. The first kappa shape index (κ1) is 15.0. The van der Waals surface area contributed by atoms with Gasteiger partial charge in [0.1, 0.15) is 0 Å². The Morgan fingerprint density at radius 3 is 1.84 bits per heavy atom. The van der Waals surface area contributed by atoms with Crippen LogP contribution in [-0.4, -0.2) is 16.9 Å². The minimum absolute atomic E-state index is 0.0281. The predicted molar refractivity (Wildman–Crippen MR) is 92.2 cm³/mol. The predicted octanol–water partition coefficient (Wildman–Crippen LogP) is 3.99. The van der Waals surface area contributed by atoms with Crippen LogP contribution in [0.3, 0.4) is 0 Å². The number of nitrogens with zero attached hydrogens (tertiary/aromatic N) is 1. The van der Waals surface area contributed by atoms with Gasteiger partial charge in [-0.05, 0) is 36.4 Å². The lowest BCUT2D eigenvalue weighted by molar-refractivity contribution is 0.0925. The highest BCUT2D eigenvalue weighted by Gasteiger charge is 2.37. The summed E-state index contributed by atoms with van der Waals surface area (Å²) in [5.41, 5.74) is 1.06. The van der Waals surface area contributed by atoms with Crippen molar-refractivity contribution in [3.05, 3.63) is 83.9 Å². The summed E-state index contributed by atoms with van der Waals surface area (Å²) in [7, 11) is 0. The Hall–Kier alpha value is -3.60. The van der Waals surface area contributed by atoms with Crippen molar-refractivity contribution in [1.82, 2.24) is 0 Å². The van der Waals surface area contributed by atoms with E-state index in [4.69, 9.17) is 4.74 Å². The molecule has 0 fully saturated rings. The number of carbonyl (C=O) groups is 2. The van der Waals surface area contributed by atoms with Gasteiger partial charge in [0, 0.05) is 0 Å². The summed E-state index contributed by atoms with van der Waals surface area (Å²) < 4.78 is 5.75. The quantitative estimate of drug-likeness (QED) is 0.737. The van der Waals surface area contributed by atoms with Gasteiger partial charge < -0.3 is 9.84 Å². The number of para-hydroxylation sites is 4. The van der Waals surface area contributed by atoms with Crippen molar-refractivity contribution in [2.45, 2.75) is 0 Å². The maximum atomic E-state index is 12.7. The number of hydrogen-bond donors (Lipinski definition) is 1. The molecule has 1 aliphatic rings. The first-order chi connectivity index (χ1) is 12.2. The van der Waals surface area contributed by atoms with Crippen molar-refractivity contribution in [2.24, 2.45) is 0 Å². The molecule has 0 atom stereocenters. The van der Waals surface area contributed by atoms with Crippen molar-refractivity contribution in [1.29, 1.82) is 0 Å². The average Bonchev–Trinajstić information content (AvgIpc) is 2.89. The molecule has 122 valence electrons. The molecule has 25 heavy (non-hydrogen) atoms. The minimum atomic E-state index is -0.395. The number of phenols is 1. The van der Waals surface area contributed by atoms with E-state index in [-0.39, 0.29) is 11.5 Å². The molecule has 3 aromatic rings. The van der Waals surface area contributed by atoms with Gasteiger partial charge in [-0.25, -0.2) is 4.90 Å². The van der Waals surface area contributed by atoms with E-state index in [1.807, 2.05) is 0 Å². The largest absolute Gasteiger partial charge is 0.504 e. The van der Waals surface area contributed by atoms with Crippen LogP contribution in [0.1, 0.15) is 20.7 Å². The summed E-state index contributed by atoms with van der Waals surface area (Å²) >= 11 is 0. The molecule has 0 aromatic heterocycles. The lowest BCUT2D eigenvalue weighted by Crippen LogP contribution is -2.29. The van der Waals surface area contributed by atoms with Crippen molar-refractivity contribution in [3.8, 4) is 17.2 Å². The zero-order valence-electron chi connectivity index (χ0n) is 13.0. The van der Waals surface area contributed by atoms with Crippen LogP contribution < -0.4 is 9.64 Å². The number of rotatable bonds is 3. The molecule has 0 saturated heterocycles. The van der Waals surface area contributed by atoms with Crippen molar-refractivity contribution >= 4 is 17.5 Å². The molecule has 0 saturated carbocycles. The minimum Gasteiger partial charge on any atom is -0.504 e. The number of anilines is 1. The van der Waals surface area contributed by atoms with Crippen molar-refractivity contribution < 1.29 is 19.4 Å². The molecule has 0 radical (unpaired) electrons. The number of phenolic OH excluding ortho intramolecular Hbond substituents is 1. The van der Waals surface area contributed by atoms with Crippen LogP contribution in [-0.2, 0) is 0 Å². The standard InChI is InChI=1S/C20H13NO4/c22-16-10-4-6-12-18(16)25-17-11-5-3-9-15(17)21-19(23)13-7-1-2-8-14(13)20(21)24/h1-12,22H. The molecule has 4 rings (SSSR count). The Balaban J connectivity index is 1.77. The number of imide groups is 1. The Morgan fingerprint density at radius 2 is 1.20 bits per heavy atom. The zero-order chi connectivity index (χ0) is 17.4. The summed E-state index contributed by atoms with van der Waals surface area (Å²) in [6.45, 7) is 0. The summed E-state index contributed by atoms with van der Waals surface area (Å²) in [5, 5.41) is 9.90.